The van der Waals surface area contributed by atoms with Crippen LogP contribution in [-0.2, 0) is 20.8 Å². The summed E-state index contributed by atoms with van der Waals surface area (Å²) < 4.78 is 20.6. The van der Waals surface area contributed by atoms with E-state index < -0.39 is 6.09 Å². The van der Waals surface area contributed by atoms with Gasteiger partial charge >= 0.3 is 6.09 Å². The van der Waals surface area contributed by atoms with Gasteiger partial charge in [0.1, 0.15) is 6.23 Å². The van der Waals surface area contributed by atoms with Crippen molar-refractivity contribution < 1.29 is 24.1 Å². The lowest BCUT2D eigenvalue weighted by Gasteiger charge is -2.36. The molecule has 3 aliphatic carbocycles. The van der Waals surface area contributed by atoms with Gasteiger partial charge in [0.15, 0.2) is 0 Å². The largest absolute Gasteiger partial charge is 0.465 e. The first-order valence-electron chi connectivity index (χ1n) is 15.1. The highest BCUT2D eigenvalue weighted by Gasteiger charge is 2.36. The van der Waals surface area contributed by atoms with Crippen LogP contribution in [-0.4, -0.2) is 91.0 Å². The van der Waals surface area contributed by atoms with Gasteiger partial charge in [0.25, 0.3) is 0 Å². The first kappa shape index (κ1) is 28.6. The van der Waals surface area contributed by atoms with Gasteiger partial charge in [0, 0.05) is 63.7 Å². The zero-order valence-electron chi connectivity index (χ0n) is 24.0. The Morgan fingerprint density at radius 3 is 2.38 bits per heavy atom. The molecule has 2 saturated carbocycles. The third-order valence-electron chi connectivity index (χ3n) is 8.77. The zero-order valence-corrected chi connectivity index (χ0v) is 24.0. The van der Waals surface area contributed by atoms with Gasteiger partial charge in [-0.2, -0.15) is 5.10 Å². The van der Waals surface area contributed by atoms with Gasteiger partial charge < -0.3 is 29.1 Å². The quantitative estimate of drug-likeness (QED) is 0.331. The normalized spacial score (nSPS) is 23.2. The molecule has 4 aliphatic rings. The molecule has 0 radical (unpaired) electrons. The van der Waals surface area contributed by atoms with Crippen molar-refractivity contribution in [3.8, 4) is 0 Å². The van der Waals surface area contributed by atoms with Crippen LogP contribution >= 0.6 is 0 Å². The molecule has 0 bridgehead atoms. The SMILES string of the molecule is CN(CCN(C)C(=O)O)Cc1cn(C2CCCCO2)nc1C1=CCC(COCC2CC2)(COCC2CC2)CC1. The predicted octanol–water partition coefficient (Wildman–Crippen LogP) is 5.03. The summed E-state index contributed by atoms with van der Waals surface area (Å²) in [5, 5.41) is 14.3. The summed E-state index contributed by atoms with van der Waals surface area (Å²) in [6.07, 6.45) is 15.1. The molecule has 1 unspecified atom stereocenters. The van der Waals surface area contributed by atoms with E-state index in [4.69, 9.17) is 19.3 Å². The van der Waals surface area contributed by atoms with E-state index in [0.717, 1.165) is 89.1 Å². The van der Waals surface area contributed by atoms with Crippen molar-refractivity contribution >= 4 is 11.7 Å². The van der Waals surface area contributed by atoms with E-state index in [1.807, 2.05) is 11.7 Å². The van der Waals surface area contributed by atoms with Crippen molar-refractivity contribution in [3.63, 3.8) is 0 Å². The Kier molecular flexibility index (Phi) is 9.64. The molecule has 0 aromatic carbocycles. The highest BCUT2D eigenvalue weighted by atomic mass is 16.5. The Hall–Kier alpha value is -1.94. The molecule has 39 heavy (non-hydrogen) atoms. The third-order valence-corrected chi connectivity index (χ3v) is 8.77. The predicted molar refractivity (Wildman–Crippen MR) is 149 cm³/mol. The minimum atomic E-state index is -0.899. The number of amides is 1. The summed E-state index contributed by atoms with van der Waals surface area (Å²) in [6.45, 7) is 5.95. The average Bonchev–Trinajstić information content (AvgIpc) is 3.88. The van der Waals surface area contributed by atoms with Crippen molar-refractivity contribution in [2.75, 3.05) is 60.2 Å². The molecule has 9 nitrogen and oxygen atoms in total. The number of nitrogens with zero attached hydrogens (tertiary/aromatic N) is 4. The first-order valence-corrected chi connectivity index (χ1v) is 15.1. The molecule has 9 heteroatoms. The molecule has 218 valence electrons. The molecule has 1 atom stereocenters. The number of carboxylic acid groups (broad SMARTS) is 1. The molecular weight excluding hydrogens is 496 g/mol. The fraction of sp³-hybridized carbons (Fsp3) is 0.800. The van der Waals surface area contributed by atoms with Gasteiger partial charge in [0.05, 0.1) is 18.9 Å². The summed E-state index contributed by atoms with van der Waals surface area (Å²) in [7, 11) is 3.66. The lowest BCUT2D eigenvalue weighted by atomic mass is 9.75. The van der Waals surface area contributed by atoms with Crippen LogP contribution in [0.15, 0.2) is 12.3 Å². The summed E-state index contributed by atoms with van der Waals surface area (Å²) in [4.78, 5) is 14.7. The number of allylic oxidation sites excluding steroid dienone is 2. The van der Waals surface area contributed by atoms with Gasteiger partial charge in [0.2, 0.25) is 0 Å². The molecular formula is C30H48N4O5. The van der Waals surface area contributed by atoms with Crippen LogP contribution in [0.2, 0.25) is 0 Å². The fourth-order valence-electron chi connectivity index (χ4n) is 5.60. The molecule has 1 N–H and O–H groups in total. The maximum atomic E-state index is 11.2. The Bertz CT molecular complexity index is 962. The van der Waals surface area contributed by atoms with Gasteiger partial charge in [-0.15, -0.1) is 0 Å². The van der Waals surface area contributed by atoms with Crippen LogP contribution in [0.4, 0.5) is 4.79 Å². The Labute approximate surface area is 233 Å². The minimum Gasteiger partial charge on any atom is -0.465 e. The number of carbonyl (C=O) groups is 1. The molecule has 2 heterocycles. The van der Waals surface area contributed by atoms with Crippen LogP contribution < -0.4 is 0 Å². The van der Waals surface area contributed by atoms with E-state index in [0.29, 0.717) is 19.6 Å². The first-order chi connectivity index (χ1) is 18.9. The highest BCUT2D eigenvalue weighted by molar-refractivity contribution is 5.66. The van der Waals surface area contributed by atoms with E-state index in [9.17, 15) is 9.90 Å². The second-order valence-electron chi connectivity index (χ2n) is 12.6. The monoisotopic (exact) mass is 544 g/mol. The van der Waals surface area contributed by atoms with E-state index in [2.05, 4.69) is 17.2 Å². The molecule has 1 aliphatic heterocycles. The van der Waals surface area contributed by atoms with Crippen molar-refractivity contribution in [2.24, 2.45) is 17.3 Å². The van der Waals surface area contributed by atoms with E-state index in [1.165, 1.54) is 41.7 Å². The summed E-state index contributed by atoms with van der Waals surface area (Å²) in [5.41, 5.74) is 3.59. The summed E-state index contributed by atoms with van der Waals surface area (Å²) in [6, 6.07) is 0. The van der Waals surface area contributed by atoms with Crippen molar-refractivity contribution in [2.45, 2.75) is 77.0 Å². The average molecular weight is 545 g/mol. The van der Waals surface area contributed by atoms with Crippen molar-refractivity contribution in [3.05, 3.63) is 23.5 Å². The highest BCUT2D eigenvalue weighted by Crippen LogP contribution is 2.41. The lowest BCUT2D eigenvalue weighted by Crippen LogP contribution is -2.35. The van der Waals surface area contributed by atoms with E-state index >= 15 is 0 Å². The van der Waals surface area contributed by atoms with Gasteiger partial charge in [-0.1, -0.05) is 6.08 Å². The van der Waals surface area contributed by atoms with Gasteiger partial charge in [-0.25, -0.2) is 9.48 Å². The number of ether oxygens (including phenoxy) is 3. The van der Waals surface area contributed by atoms with Crippen molar-refractivity contribution in [1.82, 2.24) is 19.6 Å². The smallest absolute Gasteiger partial charge is 0.407 e. The maximum absolute atomic E-state index is 11.2. The molecule has 0 spiro atoms. The number of aromatic nitrogens is 2. The summed E-state index contributed by atoms with van der Waals surface area (Å²) in [5.74, 6) is 1.54. The van der Waals surface area contributed by atoms with Crippen LogP contribution in [0, 0.1) is 17.3 Å². The number of rotatable bonds is 15. The lowest BCUT2D eigenvalue weighted by molar-refractivity contribution is -0.0396. The number of hydrogen-bond acceptors (Lipinski definition) is 6. The Morgan fingerprint density at radius 1 is 1.10 bits per heavy atom. The van der Waals surface area contributed by atoms with Crippen LogP contribution in [0.1, 0.15) is 81.7 Å². The molecule has 5 rings (SSSR count). The third kappa shape index (κ3) is 8.28. The number of likely N-dealkylation sites (N-methyl/N-ethyl adjacent to an activating group) is 2. The van der Waals surface area contributed by atoms with Crippen LogP contribution in [0.5, 0.6) is 0 Å². The maximum Gasteiger partial charge on any atom is 0.407 e. The standard InChI is InChI=1S/C30H48N4O5/c1-32(14-15-33(2)29(35)36)17-26-18-34(27-5-3-4-16-39-27)31-28(26)25-10-12-30(13-11-25,21-37-19-23-6-7-23)22-38-20-24-8-9-24/h10,18,23-24,27H,3-9,11-17,19-22H2,1-2H3,(H,35,36). The van der Waals surface area contributed by atoms with Gasteiger partial charge in [-0.3, -0.25) is 0 Å². The second-order valence-corrected chi connectivity index (χ2v) is 12.6. The Morgan fingerprint density at radius 2 is 1.82 bits per heavy atom. The van der Waals surface area contributed by atoms with Gasteiger partial charge in [-0.05, 0) is 88.7 Å². The zero-order chi connectivity index (χ0) is 27.2. The summed E-state index contributed by atoms with van der Waals surface area (Å²) >= 11 is 0. The Balaban J connectivity index is 1.28. The second kappa shape index (κ2) is 13.1. The van der Waals surface area contributed by atoms with Crippen LogP contribution in [0.3, 0.4) is 0 Å². The van der Waals surface area contributed by atoms with Crippen LogP contribution in [0.25, 0.3) is 5.57 Å². The molecule has 1 saturated heterocycles. The number of hydrogen-bond donors (Lipinski definition) is 1. The van der Waals surface area contributed by atoms with E-state index in [1.54, 1.807) is 7.05 Å². The van der Waals surface area contributed by atoms with E-state index in [-0.39, 0.29) is 11.6 Å². The molecule has 1 amide bonds. The molecule has 3 fully saturated rings. The molecule has 1 aromatic heterocycles. The minimum absolute atomic E-state index is 0.00960. The molecule has 1 aromatic rings. The van der Waals surface area contributed by atoms with Crippen molar-refractivity contribution in [1.29, 1.82) is 0 Å². The fourth-order valence-corrected chi connectivity index (χ4v) is 5.60. The topological polar surface area (TPSA) is 89.3 Å².